The molecule has 2 N–H and O–H groups in total. The van der Waals surface area contributed by atoms with Gasteiger partial charge in [-0.1, -0.05) is 18.2 Å². The van der Waals surface area contributed by atoms with Gasteiger partial charge in [0.15, 0.2) is 5.13 Å². The van der Waals surface area contributed by atoms with Crippen molar-refractivity contribution in [3.8, 4) is 0 Å². The fourth-order valence-electron chi connectivity index (χ4n) is 3.53. The number of thioether (sulfide) groups is 1. The van der Waals surface area contributed by atoms with Crippen molar-refractivity contribution in [1.29, 1.82) is 0 Å². The van der Waals surface area contributed by atoms with E-state index in [1.807, 2.05) is 46.8 Å². The second kappa shape index (κ2) is 11.1. The Balaban J connectivity index is 1.31. The van der Waals surface area contributed by atoms with E-state index in [1.54, 1.807) is 11.3 Å². The minimum Gasteiger partial charge on any atom is -0.325 e. The molecular formula is C23H26N4O2S3. The normalized spacial score (nSPS) is 14.3. The summed E-state index contributed by atoms with van der Waals surface area (Å²) >= 11 is 4.90. The molecule has 0 saturated carbocycles. The molecule has 0 atom stereocenters. The van der Waals surface area contributed by atoms with Gasteiger partial charge in [-0.3, -0.25) is 14.5 Å². The van der Waals surface area contributed by atoms with E-state index in [0.717, 1.165) is 35.8 Å². The number of aromatic nitrogens is 1. The zero-order valence-electron chi connectivity index (χ0n) is 17.9. The maximum absolute atomic E-state index is 12.6. The van der Waals surface area contributed by atoms with Gasteiger partial charge in [0.05, 0.1) is 18.5 Å². The number of carbonyl (C=O) groups is 2. The predicted molar refractivity (Wildman–Crippen MR) is 135 cm³/mol. The van der Waals surface area contributed by atoms with Crippen LogP contribution in [-0.2, 0) is 29.0 Å². The Hall–Kier alpha value is -2.20. The summed E-state index contributed by atoms with van der Waals surface area (Å²) in [5.41, 5.74) is 3.86. The Kier molecular flexibility index (Phi) is 7.96. The van der Waals surface area contributed by atoms with Crippen LogP contribution in [0.4, 0.5) is 10.8 Å². The maximum Gasteiger partial charge on any atom is 0.231 e. The number of hydrogen-bond acceptors (Lipinski definition) is 7. The third kappa shape index (κ3) is 6.41. The molecule has 4 rings (SSSR count). The van der Waals surface area contributed by atoms with Gasteiger partial charge in [0.25, 0.3) is 0 Å². The molecule has 168 valence electrons. The number of benzene rings is 1. The van der Waals surface area contributed by atoms with E-state index >= 15 is 0 Å². The third-order valence-corrected chi connectivity index (χ3v) is 7.90. The molecule has 6 nitrogen and oxygen atoms in total. The molecule has 0 aliphatic carbocycles. The standard InChI is InChI=1S/C23H26N4O2S3/c1-16-17(14-27-7-10-30-11-8-27)4-2-6-20(16)25-21(28)12-18-15-32-23(24-18)26-22(29)13-19-5-3-9-31-19/h2-6,9,15H,7-8,10-14H2,1H3,(H,25,28)(H,24,26,29). The van der Waals surface area contributed by atoms with Crippen molar-refractivity contribution in [2.75, 3.05) is 35.2 Å². The quantitative estimate of drug-likeness (QED) is 0.493. The zero-order valence-corrected chi connectivity index (χ0v) is 20.4. The van der Waals surface area contributed by atoms with Crippen LogP contribution in [0, 0.1) is 6.92 Å². The van der Waals surface area contributed by atoms with Crippen LogP contribution >= 0.6 is 34.4 Å². The average molecular weight is 487 g/mol. The van der Waals surface area contributed by atoms with Crippen molar-refractivity contribution in [2.24, 2.45) is 0 Å². The van der Waals surface area contributed by atoms with Crippen LogP contribution in [0.3, 0.4) is 0 Å². The molecule has 2 amide bonds. The van der Waals surface area contributed by atoms with Gasteiger partial charge in [-0.25, -0.2) is 4.98 Å². The van der Waals surface area contributed by atoms with E-state index in [0.29, 0.717) is 17.2 Å². The summed E-state index contributed by atoms with van der Waals surface area (Å²) in [6.45, 7) is 5.19. The van der Waals surface area contributed by atoms with Gasteiger partial charge in [0.1, 0.15) is 0 Å². The van der Waals surface area contributed by atoms with Crippen LogP contribution < -0.4 is 10.6 Å². The fourth-order valence-corrected chi connectivity index (χ4v) is 5.94. The zero-order chi connectivity index (χ0) is 22.3. The molecule has 3 heterocycles. The largest absolute Gasteiger partial charge is 0.325 e. The molecule has 3 aromatic rings. The summed E-state index contributed by atoms with van der Waals surface area (Å²) in [4.78, 5) is 32.7. The first kappa shape index (κ1) is 23.0. The molecule has 0 radical (unpaired) electrons. The fraction of sp³-hybridized carbons (Fsp3) is 0.348. The molecular weight excluding hydrogens is 460 g/mol. The second-order valence-corrected chi connectivity index (χ2v) is 10.8. The molecule has 0 unspecified atom stereocenters. The average Bonchev–Trinajstić information content (AvgIpc) is 3.44. The number of anilines is 2. The molecule has 2 aromatic heterocycles. The predicted octanol–water partition coefficient (Wildman–Crippen LogP) is 4.42. The van der Waals surface area contributed by atoms with Crippen LogP contribution in [0.5, 0.6) is 0 Å². The SMILES string of the molecule is Cc1c(CN2CCSCC2)cccc1NC(=O)Cc1csc(NC(=O)Cc2cccs2)n1. The molecule has 1 aromatic carbocycles. The van der Waals surface area contributed by atoms with E-state index in [4.69, 9.17) is 0 Å². The van der Waals surface area contributed by atoms with Crippen molar-refractivity contribution >= 4 is 57.1 Å². The van der Waals surface area contributed by atoms with Gasteiger partial charge < -0.3 is 10.6 Å². The first-order valence-electron chi connectivity index (χ1n) is 10.5. The summed E-state index contributed by atoms with van der Waals surface area (Å²) in [6.07, 6.45) is 0.503. The van der Waals surface area contributed by atoms with Crippen LogP contribution in [-0.4, -0.2) is 46.3 Å². The van der Waals surface area contributed by atoms with Crippen LogP contribution in [0.25, 0.3) is 0 Å². The Labute approximate surface area is 200 Å². The first-order chi connectivity index (χ1) is 15.6. The molecule has 1 aliphatic heterocycles. The van der Waals surface area contributed by atoms with Gasteiger partial charge in [0.2, 0.25) is 11.8 Å². The summed E-state index contributed by atoms with van der Waals surface area (Å²) in [6, 6.07) is 9.95. The van der Waals surface area contributed by atoms with E-state index in [2.05, 4.69) is 33.5 Å². The summed E-state index contributed by atoms with van der Waals surface area (Å²) in [5, 5.41) is 10.1. The van der Waals surface area contributed by atoms with Gasteiger partial charge >= 0.3 is 0 Å². The molecule has 0 bridgehead atoms. The van der Waals surface area contributed by atoms with Crippen molar-refractivity contribution < 1.29 is 9.59 Å². The van der Waals surface area contributed by atoms with Gasteiger partial charge in [-0.05, 0) is 35.6 Å². The number of amides is 2. The van der Waals surface area contributed by atoms with Crippen molar-refractivity contribution in [1.82, 2.24) is 9.88 Å². The van der Waals surface area contributed by atoms with Gasteiger partial charge in [0, 0.05) is 47.1 Å². The highest BCUT2D eigenvalue weighted by molar-refractivity contribution is 7.99. The van der Waals surface area contributed by atoms with E-state index in [9.17, 15) is 9.59 Å². The van der Waals surface area contributed by atoms with Crippen LogP contribution in [0.15, 0.2) is 41.1 Å². The maximum atomic E-state index is 12.6. The van der Waals surface area contributed by atoms with Crippen molar-refractivity contribution in [2.45, 2.75) is 26.3 Å². The number of nitrogens with zero attached hydrogens (tertiary/aromatic N) is 2. The molecule has 9 heteroatoms. The number of thiazole rings is 1. The minimum absolute atomic E-state index is 0.0995. The number of nitrogens with one attached hydrogen (secondary N) is 2. The second-order valence-electron chi connectivity index (χ2n) is 7.65. The Morgan fingerprint density at radius 1 is 1.03 bits per heavy atom. The van der Waals surface area contributed by atoms with Crippen molar-refractivity contribution in [3.63, 3.8) is 0 Å². The van der Waals surface area contributed by atoms with Crippen LogP contribution in [0.2, 0.25) is 0 Å². The highest BCUT2D eigenvalue weighted by atomic mass is 32.2. The summed E-state index contributed by atoms with van der Waals surface area (Å²) in [5.74, 6) is 2.15. The van der Waals surface area contributed by atoms with Gasteiger partial charge in [-0.15, -0.1) is 22.7 Å². The Morgan fingerprint density at radius 2 is 1.84 bits per heavy atom. The lowest BCUT2D eigenvalue weighted by Gasteiger charge is -2.27. The summed E-state index contributed by atoms with van der Waals surface area (Å²) in [7, 11) is 0. The molecule has 1 saturated heterocycles. The number of hydrogen-bond donors (Lipinski definition) is 2. The van der Waals surface area contributed by atoms with Gasteiger partial charge in [-0.2, -0.15) is 11.8 Å². The van der Waals surface area contributed by atoms with E-state index in [1.165, 1.54) is 28.4 Å². The van der Waals surface area contributed by atoms with E-state index < -0.39 is 0 Å². The molecule has 1 fully saturated rings. The Morgan fingerprint density at radius 3 is 2.62 bits per heavy atom. The minimum atomic E-state index is -0.110. The molecule has 1 aliphatic rings. The van der Waals surface area contributed by atoms with E-state index in [-0.39, 0.29) is 18.2 Å². The smallest absolute Gasteiger partial charge is 0.231 e. The molecule has 0 spiro atoms. The number of thiophene rings is 1. The lowest BCUT2D eigenvalue weighted by molar-refractivity contribution is -0.116. The highest BCUT2D eigenvalue weighted by Gasteiger charge is 2.15. The molecule has 32 heavy (non-hydrogen) atoms. The van der Waals surface area contributed by atoms with Crippen molar-refractivity contribution in [3.05, 3.63) is 62.8 Å². The highest BCUT2D eigenvalue weighted by Crippen LogP contribution is 2.23. The monoisotopic (exact) mass is 486 g/mol. The third-order valence-electron chi connectivity index (χ3n) is 5.27. The van der Waals surface area contributed by atoms with Crippen LogP contribution in [0.1, 0.15) is 21.7 Å². The number of carbonyl (C=O) groups excluding carboxylic acids is 2. The lowest BCUT2D eigenvalue weighted by Crippen LogP contribution is -2.32. The Bertz CT molecular complexity index is 1060. The summed E-state index contributed by atoms with van der Waals surface area (Å²) < 4.78 is 0. The lowest BCUT2D eigenvalue weighted by atomic mass is 10.1. The first-order valence-corrected chi connectivity index (χ1v) is 13.4. The number of rotatable bonds is 8. The topological polar surface area (TPSA) is 74.3 Å².